The molecule has 3 aliphatic heterocycles. The second kappa shape index (κ2) is 48.8. The molecule has 35 nitrogen and oxygen atoms in total. The van der Waals surface area contributed by atoms with E-state index < -0.39 is 197 Å². The van der Waals surface area contributed by atoms with Crippen molar-refractivity contribution in [2.24, 2.45) is 58.4 Å². The lowest BCUT2D eigenvalue weighted by atomic mass is 9.93. The fourth-order valence-electron chi connectivity index (χ4n) is 14.9. The maximum absolute atomic E-state index is 15.3. The predicted molar refractivity (Wildman–Crippen MR) is 442 cm³/mol. The number of hydrogen-bond donors (Lipinski definition) is 18. The van der Waals surface area contributed by atoms with Crippen LogP contribution in [0.15, 0.2) is 48.5 Å². The van der Waals surface area contributed by atoms with E-state index in [1.54, 1.807) is 87.4 Å². The highest BCUT2D eigenvalue weighted by Gasteiger charge is 2.45. The number of nitrogens with one attached hydrogen (secondary N) is 12. The fourth-order valence-corrected chi connectivity index (χ4v) is 14.9. The van der Waals surface area contributed by atoms with Crippen LogP contribution in [0, 0.1) is 35.5 Å². The highest BCUT2D eigenvalue weighted by molar-refractivity contribution is 6.02. The second-order valence-corrected chi connectivity index (χ2v) is 33.8. The van der Waals surface area contributed by atoms with Crippen molar-refractivity contribution in [3.63, 3.8) is 0 Å². The van der Waals surface area contributed by atoms with Crippen molar-refractivity contribution < 1.29 is 82.1 Å². The van der Waals surface area contributed by atoms with E-state index in [0.717, 1.165) is 0 Å². The Labute approximate surface area is 693 Å². The molecule has 15 amide bonds. The minimum atomic E-state index is -1.80. The molecule has 0 radical (unpaired) electrons. The van der Waals surface area contributed by atoms with Gasteiger partial charge >= 0.3 is 6.03 Å². The van der Waals surface area contributed by atoms with E-state index >= 15 is 19.2 Å². The average Bonchev–Trinajstić information content (AvgIpc) is 1.62. The number of carbonyl (C=O) groups excluding carboxylic acids is 15. The van der Waals surface area contributed by atoms with Crippen molar-refractivity contribution in [3.05, 3.63) is 59.7 Å². The smallest absolute Gasteiger partial charge is 0.316 e. The van der Waals surface area contributed by atoms with Crippen LogP contribution in [0.3, 0.4) is 0 Å². The first-order valence-corrected chi connectivity index (χ1v) is 42.0. The van der Waals surface area contributed by atoms with E-state index in [0.29, 0.717) is 56.1 Å². The van der Waals surface area contributed by atoms with E-state index in [1.165, 1.54) is 40.1 Å². The molecule has 0 spiro atoms. The Morgan fingerprint density at radius 1 is 0.381 bits per heavy atom. The van der Waals surface area contributed by atoms with Gasteiger partial charge in [-0.3, -0.25) is 67.1 Å². The zero-order valence-corrected chi connectivity index (χ0v) is 70.9. The lowest BCUT2D eigenvalue weighted by molar-refractivity contribution is -0.143. The number of nitrogens with zero attached hydrogens (tertiary/aromatic N) is 2. The summed E-state index contributed by atoms with van der Waals surface area (Å²) in [6.45, 7) is 21.2. The molecular formula is C83H134N18O17. The van der Waals surface area contributed by atoms with E-state index in [-0.39, 0.29) is 133 Å². The molecule has 14 atom stereocenters. The highest BCUT2D eigenvalue weighted by atomic mass is 16.3. The van der Waals surface area contributed by atoms with Gasteiger partial charge in [0, 0.05) is 25.9 Å². The van der Waals surface area contributed by atoms with Gasteiger partial charge in [0.2, 0.25) is 76.8 Å². The Balaban J connectivity index is 1.65. The predicted octanol–water partition coefficient (Wildman–Crippen LogP) is 0.701. The largest absolute Gasteiger partial charge is 0.508 e. The van der Waals surface area contributed by atoms with Gasteiger partial charge < -0.3 is 107 Å². The topological polar surface area (TPSA) is 551 Å². The first kappa shape index (κ1) is 98.5. The van der Waals surface area contributed by atoms with Crippen LogP contribution in [0.4, 0.5) is 4.79 Å². The van der Waals surface area contributed by atoms with Gasteiger partial charge in [-0.2, -0.15) is 0 Å². The lowest BCUT2D eigenvalue weighted by Crippen LogP contribution is -2.62. The van der Waals surface area contributed by atoms with E-state index in [2.05, 4.69) is 63.8 Å². The molecule has 0 aromatic heterocycles. The van der Waals surface area contributed by atoms with Crippen LogP contribution >= 0.6 is 0 Å². The summed E-state index contributed by atoms with van der Waals surface area (Å²) in [4.78, 5) is 224. The summed E-state index contributed by atoms with van der Waals surface area (Å²) in [5, 5.41) is 53.9. The number of Topliss-reactive ketones (excluding diaryl/α,β-unsaturated/α-hetero) is 1. The van der Waals surface area contributed by atoms with Crippen LogP contribution in [0.5, 0.6) is 11.5 Å². The molecule has 0 saturated carbocycles. The number of primary amides is 1. The molecule has 0 unspecified atom stereocenters. The first-order valence-electron chi connectivity index (χ1n) is 42.0. The van der Waals surface area contributed by atoms with Crippen LogP contribution in [0.25, 0.3) is 0 Å². The lowest BCUT2D eigenvalue weighted by Gasteiger charge is -2.32. The Hall–Kier alpha value is -10.0. The average molecular weight is 1660 g/mol. The normalized spacial score (nSPS) is 25.7. The molecule has 0 bridgehead atoms. The number of amides is 15. The third-order valence-electron chi connectivity index (χ3n) is 21.2. The van der Waals surface area contributed by atoms with Crippen LogP contribution in [-0.2, 0) is 80.0 Å². The number of carbonyl (C=O) groups is 15. The molecule has 22 N–H and O–H groups in total. The van der Waals surface area contributed by atoms with E-state index in [1.807, 2.05) is 13.8 Å². The minimum Gasteiger partial charge on any atom is -0.508 e. The fraction of sp³-hybridized carbons (Fsp3) is 0.675. The number of fused-ring (bicyclic) bond motifs is 2. The number of phenolic OH excluding ortho intramolecular Hbond substituents is 2. The number of ketones is 1. The van der Waals surface area contributed by atoms with E-state index in [9.17, 15) is 63.0 Å². The van der Waals surface area contributed by atoms with Crippen molar-refractivity contribution in [2.45, 2.75) is 290 Å². The number of urea groups is 1. The molecule has 35 heteroatoms. The molecule has 3 aliphatic rings. The minimum absolute atomic E-state index is 0.000347. The Kier molecular flexibility index (Phi) is 40.7. The molecule has 2 aromatic rings. The Morgan fingerprint density at radius 2 is 0.729 bits per heavy atom. The van der Waals surface area contributed by atoms with Crippen molar-refractivity contribution in [3.8, 4) is 11.5 Å². The SMILES string of the molecule is CC(C)C[C@@H]1NC(=O)[C@@H]2CCCN2C(=O)[C@@H](Cc2cccc(O)c2)NC(=O)[C@H](C(C)C)NC(=O)[C@@H](CC(N)=O)NC(=O)N[C@@H](CC(C)C)C(=O)[C@@H](CCCCN)NC(=O)[C@H](C(C)C)NC(=O)[C@H]2CCCN2C(=O)[C@H](Cc2ccc(O)cc2)NC(=O)[C@@H](CC(C)C)NC(=O)[C@@H](CCCCN)NC(=O)[C@@H](C(C)C)NC(=O)[C@H](CCCCN)NC1=O. The van der Waals surface area contributed by atoms with Crippen molar-refractivity contribution in [2.75, 3.05) is 32.7 Å². The Morgan fingerprint density at radius 3 is 1.16 bits per heavy atom. The molecule has 2 aromatic carbocycles. The summed E-state index contributed by atoms with van der Waals surface area (Å²) in [6.07, 6.45) is 1.79. The Bertz CT molecular complexity index is 3730. The summed E-state index contributed by atoms with van der Waals surface area (Å²) in [5.74, 6) is -14.6. The molecule has 118 heavy (non-hydrogen) atoms. The van der Waals surface area contributed by atoms with Crippen LogP contribution in [0.2, 0.25) is 0 Å². The van der Waals surface area contributed by atoms with Crippen LogP contribution in [0.1, 0.15) is 203 Å². The summed E-state index contributed by atoms with van der Waals surface area (Å²) in [6, 6.07) is -8.79. The molecule has 3 heterocycles. The standard InChI is InChI=1S/C83H134N18O17/c1-45(2)38-58-70(105)55(24-13-16-33-84)88-78(113)69(50(11)12)99-77(112)65-28-21-37-101(65)81(116)62(42-51-29-31-53(102)32-30-51)93-74(109)59(39-46(3)4)91-71(106)56(25-14-17-34-85)90-79(114)67(48(7)8)97-72(107)57(26-15-18-35-86)89-73(108)60(40-47(5)6)92-76(111)64-27-20-36-100(64)82(117)63(43-52-22-19-23-54(103)41-52)94-80(115)68(49(9)10)98-75(110)61(44-66(87)104)96-83(118)95-58/h19,22-23,29-32,41,45-50,55-65,67-69,102-103H,13-18,20-21,24-28,33-40,42-44,84-86H2,1-12H3,(H2,87,104)(H,88,113)(H,89,108)(H,90,114)(H,91,106)(H,92,111)(H,93,109)(H,94,115)(H,97,107)(H,98,110)(H,99,112)(H2,95,96,118)/t55-,56-,57+,58+,59-,60+,61-,62+,63-,64+,65-,67-,68+,69+/m1/s1. The quantitative estimate of drug-likeness (QED) is 0.0547. The van der Waals surface area contributed by atoms with Gasteiger partial charge in [0.1, 0.15) is 84.0 Å². The molecular weight excluding hydrogens is 1520 g/mol. The monoisotopic (exact) mass is 1660 g/mol. The summed E-state index contributed by atoms with van der Waals surface area (Å²) in [7, 11) is 0. The third-order valence-corrected chi connectivity index (χ3v) is 21.2. The summed E-state index contributed by atoms with van der Waals surface area (Å²) < 4.78 is 0. The molecule has 3 saturated heterocycles. The van der Waals surface area contributed by atoms with Gasteiger partial charge in [0.15, 0.2) is 5.78 Å². The number of benzene rings is 2. The van der Waals surface area contributed by atoms with Gasteiger partial charge in [-0.25, -0.2) is 4.79 Å². The maximum Gasteiger partial charge on any atom is 0.316 e. The van der Waals surface area contributed by atoms with Crippen LogP contribution in [-0.4, -0.2) is 226 Å². The van der Waals surface area contributed by atoms with Gasteiger partial charge in [-0.15, -0.1) is 0 Å². The molecule has 3 fully saturated rings. The number of hydrogen-bond acceptors (Lipinski definition) is 20. The zero-order valence-electron chi connectivity index (χ0n) is 70.9. The number of aromatic hydroxyl groups is 2. The van der Waals surface area contributed by atoms with Crippen molar-refractivity contribution >= 4 is 88.6 Å². The molecule has 5 rings (SSSR count). The second-order valence-electron chi connectivity index (χ2n) is 33.8. The summed E-state index contributed by atoms with van der Waals surface area (Å²) in [5.41, 5.74) is 24.3. The van der Waals surface area contributed by atoms with Crippen molar-refractivity contribution in [1.29, 1.82) is 0 Å². The zero-order chi connectivity index (χ0) is 87.8. The third kappa shape index (κ3) is 31.4. The molecule has 658 valence electrons. The number of rotatable bonds is 27. The van der Waals surface area contributed by atoms with Gasteiger partial charge in [0.05, 0.1) is 18.5 Å². The van der Waals surface area contributed by atoms with Crippen molar-refractivity contribution in [1.82, 2.24) is 73.6 Å². The van der Waals surface area contributed by atoms with Gasteiger partial charge in [-0.05, 0) is 193 Å². The maximum atomic E-state index is 15.3. The number of unbranched alkanes of at least 4 members (excludes halogenated alkanes) is 3. The number of phenols is 2. The first-order chi connectivity index (χ1) is 55.8. The van der Waals surface area contributed by atoms with E-state index in [4.69, 9.17) is 22.9 Å². The van der Waals surface area contributed by atoms with Gasteiger partial charge in [-0.1, -0.05) is 107 Å². The number of nitrogens with two attached hydrogens (primary N) is 4. The highest BCUT2D eigenvalue weighted by Crippen LogP contribution is 2.26. The van der Waals surface area contributed by atoms with Gasteiger partial charge in [0.25, 0.3) is 0 Å². The van der Waals surface area contributed by atoms with Crippen LogP contribution < -0.4 is 86.7 Å². The summed E-state index contributed by atoms with van der Waals surface area (Å²) >= 11 is 0. The molecule has 0 aliphatic carbocycles.